The number of halogens is 2. The summed E-state index contributed by atoms with van der Waals surface area (Å²) in [6.45, 7) is 1.79. The predicted molar refractivity (Wildman–Crippen MR) is 82.7 cm³/mol. The zero-order valence-corrected chi connectivity index (χ0v) is 13.0. The van der Waals surface area contributed by atoms with Crippen LogP contribution in [0.25, 0.3) is 0 Å². The van der Waals surface area contributed by atoms with Crippen LogP contribution in [-0.2, 0) is 18.4 Å². The smallest absolute Gasteiger partial charge is 0.228 e. The topological polar surface area (TPSA) is 15.6 Å². The fraction of sp³-hybridized carbons (Fsp3) is 0.300. The van der Waals surface area contributed by atoms with Gasteiger partial charge in [0, 0.05) is 18.8 Å². The van der Waals surface area contributed by atoms with Crippen molar-refractivity contribution in [3.05, 3.63) is 35.9 Å². The van der Waals surface area contributed by atoms with Crippen molar-refractivity contribution in [2.75, 3.05) is 12.3 Å². The monoisotopic (exact) mass is 324 g/mol. The third-order valence-electron chi connectivity index (χ3n) is 2.28. The molecule has 0 amide bonds. The van der Waals surface area contributed by atoms with Gasteiger partial charge in [-0.05, 0) is 39.9 Å². The van der Waals surface area contributed by atoms with Crippen molar-refractivity contribution in [2.45, 2.75) is 6.54 Å². The van der Waals surface area contributed by atoms with E-state index in [1.165, 1.54) is 5.56 Å². The molecule has 92 valence electrons. The summed E-state index contributed by atoms with van der Waals surface area (Å²) in [7, 11) is 0. The van der Waals surface area contributed by atoms with Crippen molar-refractivity contribution >= 4 is 56.1 Å². The Morgan fingerprint density at radius 1 is 1.35 bits per heavy atom. The van der Waals surface area contributed by atoms with Crippen LogP contribution < -0.4 is 0 Å². The maximum atomic E-state index is 5.85. The largest absolute Gasteiger partial charge is 0.346 e. The van der Waals surface area contributed by atoms with E-state index >= 15 is 0 Å². The van der Waals surface area contributed by atoms with Crippen LogP contribution in [0.3, 0.4) is 0 Å². The fourth-order valence-electron chi connectivity index (χ4n) is 1.58. The molecule has 1 fully saturated rings. The number of benzene rings is 1. The summed E-state index contributed by atoms with van der Waals surface area (Å²) in [4.78, 5) is -0.381. The Balaban J connectivity index is 2.11. The second kappa shape index (κ2) is 5.94. The number of nitrogens with zero attached hydrogens (tertiary/aromatic N) is 2. The molecule has 0 aliphatic carbocycles. The molecule has 0 aromatic heterocycles. The molecular weight excluding hydrogens is 314 g/mol. The molecule has 7 heteroatoms. The van der Waals surface area contributed by atoms with Gasteiger partial charge in [0.05, 0.1) is 0 Å². The van der Waals surface area contributed by atoms with Crippen LogP contribution in [-0.4, -0.2) is 22.4 Å². The van der Waals surface area contributed by atoms with Crippen LogP contribution in [0.1, 0.15) is 5.56 Å². The van der Waals surface area contributed by atoms with E-state index in [4.69, 9.17) is 34.3 Å². The van der Waals surface area contributed by atoms with Crippen LogP contribution in [0.4, 0.5) is 0 Å². The van der Waals surface area contributed by atoms with Gasteiger partial charge in [-0.3, -0.25) is 0 Å². The maximum Gasteiger partial charge on any atom is 0.228 e. The number of rotatable bonds is 3. The van der Waals surface area contributed by atoms with Gasteiger partial charge >= 0.3 is 0 Å². The zero-order chi connectivity index (χ0) is 12.3. The number of hydrogen-bond acceptors (Lipinski definition) is 2. The fourth-order valence-corrected chi connectivity index (χ4v) is 4.42. The minimum absolute atomic E-state index is 0.829. The van der Waals surface area contributed by atoms with Crippen LogP contribution >= 0.6 is 39.1 Å². The molecule has 1 saturated heterocycles. The van der Waals surface area contributed by atoms with Crippen LogP contribution in [0, 0.1) is 0 Å². The van der Waals surface area contributed by atoms with Crippen molar-refractivity contribution in [3.63, 3.8) is 0 Å². The summed E-state index contributed by atoms with van der Waals surface area (Å²) in [5, 5.41) is 0.877. The standard InChI is InChI=1S/C10H11Cl2N2PS2/c11-15(12,16)13-10-14(6-7-17-10)8-9-4-2-1-3-5-9/h1-5H,6-8H2. The highest BCUT2D eigenvalue weighted by atomic mass is 35.9. The lowest BCUT2D eigenvalue weighted by atomic mass is 10.2. The third kappa shape index (κ3) is 4.46. The lowest BCUT2D eigenvalue weighted by molar-refractivity contribution is 0.458. The van der Waals surface area contributed by atoms with Crippen molar-refractivity contribution in [2.24, 2.45) is 4.76 Å². The lowest BCUT2D eigenvalue weighted by Crippen LogP contribution is -2.23. The molecule has 1 aromatic carbocycles. The lowest BCUT2D eigenvalue weighted by Gasteiger charge is -2.18. The number of hydrogen-bond donors (Lipinski definition) is 0. The molecule has 2 nitrogen and oxygen atoms in total. The van der Waals surface area contributed by atoms with E-state index in [0.29, 0.717) is 0 Å². The minimum atomic E-state index is -2.55. The first kappa shape index (κ1) is 13.7. The summed E-state index contributed by atoms with van der Waals surface area (Å²) >= 11 is 18.3. The average Bonchev–Trinajstić information content (AvgIpc) is 2.65. The molecule has 17 heavy (non-hydrogen) atoms. The van der Waals surface area contributed by atoms with Gasteiger partial charge in [-0.2, -0.15) is 4.76 Å². The van der Waals surface area contributed by atoms with Gasteiger partial charge in [0.1, 0.15) is 0 Å². The second-order valence-electron chi connectivity index (χ2n) is 3.57. The summed E-state index contributed by atoms with van der Waals surface area (Å²) in [6, 6.07) is 10.3. The first-order chi connectivity index (χ1) is 8.04. The maximum absolute atomic E-state index is 5.85. The Kier molecular flexibility index (Phi) is 4.79. The molecule has 1 heterocycles. The molecule has 0 radical (unpaired) electrons. The third-order valence-corrected chi connectivity index (χ3v) is 4.53. The number of amidine groups is 1. The Morgan fingerprint density at radius 2 is 2.06 bits per heavy atom. The molecule has 0 spiro atoms. The Labute approximate surface area is 120 Å². The second-order valence-corrected chi connectivity index (χ2v) is 11.9. The van der Waals surface area contributed by atoms with E-state index in [1.54, 1.807) is 11.8 Å². The van der Waals surface area contributed by atoms with Gasteiger partial charge in [-0.15, -0.1) is 0 Å². The molecule has 0 unspecified atom stereocenters. The van der Waals surface area contributed by atoms with Gasteiger partial charge < -0.3 is 4.90 Å². The minimum Gasteiger partial charge on any atom is -0.346 e. The van der Waals surface area contributed by atoms with Crippen molar-refractivity contribution < 1.29 is 0 Å². The summed E-state index contributed by atoms with van der Waals surface area (Å²) in [6.07, 6.45) is 0. The molecule has 0 bridgehead atoms. The highest BCUT2D eigenvalue weighted by Crippen LogP contribution is 2.59. The van der Waals surface area contributed by atoms with E-state index in [2.05, 4.69) is 21.8 Å². The summed E-state index contributed by atoms with van der Waals surface area (Å²) in [5.74, 6) is 1.01. The Morgan fingerprint density at radius 3 is 2.71 bits per heavy atom. The number of thioether (sulfide) groups is 1. The van der Waals surface area contributed by atoms with Gasteiger partial charge in [0.2, 0.25) is 4.89 Å². The molecule has 1 aliphatic heterocycles. The summed E-state index contributed by atoms with van der Waals surface area (Å²) in [5.41, 5.74) is 1.25. The predicted octanol–water partition coefficient (Wildman–Crippen LogP) is 4.29. The van der Waals surface area contributed by atoms with E-state index < -0.39 is 4.89 Å². The summed E-state index contributed by atoms with van der Waals surface area (Å²) < 4.78 is 4.25. The van der Waals surface area contributed by atoms with E-state index in [0.717, 1.165) is 24.0 Å². The van der Waals surface area contributed by atoms with Gasteiger partial charge in [0.15, 0.2) is 5.17 Å². The van der Waals surface area contributed by atoms with Gasteiger partial charge in [-0.25, -0.2) is 0 Å². The Bertz CT molecular complexity index is 461. The highest BCUT2D eigenvalue weighted by Gasteiger charge is 2.21. The van der Waals surface area contributed by atoms with Crippen LogP contribution in [0.15, 0.2) is 35.1 Å². The highest BCUT2D eigenvalue weighted by molar-refractivity contribution is 8.38. The molecule has 0 atom stereocenters. The molecule has 2 rings (SSSR count). The van der Waals surface area contributed by atoms with Crippen LogP contribution in [0.2, 0.25) is 0 Å². The molecule has 0 saturated carbocycles. The van der Waals surface area contributed by atoms with Crippen molar-refractivity contribution in [1.82, 2.24) is 4.90 Å². The van der Waals surface area contributed by atoms with Crippen molar-refractivity contribution in [1.29, 1.82) is 0 Å². The van der Waals surface area contributed by atoms with E-state index in [1.807, 2.05) is 18.2 Å². The normalized spacial score (nSPS) is 18.9. The average molecular weight is 325 g/mol. The molecule has 1 aliphatic rings. The quantitative estimate of drug-likeness (QED) is 0.771. The van der Waals surface area contributed by atoms with Crippen LogP contribution in [0.5, 0.6) is 0 Å². The zero-order valence-electron chi connectivity index (χ0n) is 8.92. The first-order valence-corrected chi connectivity index (χ1v) is 10.6. The molecular formula is C10H11Cl2N2PS2. The van der Waals surface area contributed by atoms with E-state index in [9.17, 15) is 0 Å². The van der Waals surface area contributed by atoms with Gasteiger partial charge in [0.25, 0.3) is 0 Å². The van der Waals surface area contributed by atoms with Crippen molar-refractivity contribution in [3.8, 4) is 0 Å². The van der Waals surface area contributed by atoms with Gasteiger partial charge in [-0.1, -0.05) is 42.1 Å². The molecule has 0 N–H and O–H groups in total. The SMILES string of the molecule is S=P(Cl)(Cl)N=C1SCCN1Cc1ccccc1. The first-order valence-electron chi connectivity index (χ1n) is 5.06. The van der Waals surface area contributed by atoms with E-state index in [-0.39, 0.29) is 0 Å². The molecule has 1 aromatic rings. The Hall–Kier alpha value is 0.270.